The number of aromatic nitrogens is 1. The zero-order valence-electron chi connectivity index (χ0n) is 19.3. The van der Waals surface area contributed by atoms with Gasteiger partial charge in [-0.05, 0) is 62.1 Å². The van der Waals surface area contributed by atoms with Crippen LogP contribution in [0.3, 0.4) is 0 Å². The van der Waals surface area contributed by atoms with E-state index in [0.29, 0.717) is 25.1 Å². The number of H-pyrrole nitrogens is 1. The van der Waals surface area contributed by atoms with E-state index < -0.39 is 17.9 Å². The molecule has 3 aliphatic rings. The Kier molecular flexibility index (Phi) is 6.29. The molecule has 0 amide bonds. The summed E-state index contributed by atoms with van der Waals surface area (Å²) in [6, 6.07) is 6.07. The molecule has 34 heavy (non-hydrogen) atoms. The van der Waals surface area contributed by atoms with Gasteiger partial charge in [-0.3, -0.25) is 14.6 Å². The van der Waals surface area contributed by atoms with Gasteiger partial charge in [0.2, 0.25) is 5.78 Å². The third-order valence-corrected chi connectivity index (χ3v) is 7.28. The molecule has 1 aliphatic carbocycles. The van der Waals surface area contributed by atoms with E-state index in [-0.39, 0.29) is 12.6 Å². The van der Waals surface area contributed by atoms with Crippen molar-refractivity contribution in [1.29, 1.82) is 0 Å². The van der Waals surface area contributed by atoms with Crippen molar-refractivity contribution < 1.29 is 22.7 Å². The van der Waals surface area contributed by atoms with Gasteiger partial charge in [0.15, 0.2) is 0 Å². The van der Waals surface area contributed by atoms with Crippen molar-refractivity contribution in [3.8, 4) is 5.75 Å². The number of carbonyl (C=O) groups excluding carboxylic acids is 1. The topological polar surface area (TPSA) is 48.6 Å². The molecule has 1 saturated heterocycles. The van der Waals surface area contributed by atoms with Crippen LogP contribution in [0.4, 0.5) is 13.2 Å². The van der Waals surface area contributed by atoms with Gasteiger partial charge in [0.1, 0.15) is 5.75 Å². The maximum absolute atomic E-state index is 13.1. The van der Waals surface area contributed by atoms with Gasteiger partial charge in [-0.15, -0.1) is 0 Å². The molecular formula is C26H30F3N3O2. The Bertz CT molecular complexity index is 1130. The Morgan fingerprint density at radius 2 is 2.12 bits per heavy atom. The minimum absolute atomic E-state index is 0.0949. The first-order valence-corrected chi connectivity index (χ1v) is 12.1. The van der Waals surface area contributed by atoms with E-state index in [2.05, 4.69) is 26.9 Å². The average molecular weight is 474 g/mol. The largest absolute Gasteiger partial charge is 0.494 e. The van der Waals surface area contributed by atoms with Gasteiger partial charge in [0.25, 0.3) is 0 Å². The number of nitrogens with one attached hydrogen (secondary N) is 1. The Morgan fingerprint density at radius 1 is 1.26 bits per heavy atom. The molecule has 2 aliphatic heterocycles. The van der Waals surface area contributed by atoms with E-state index in [1.165, 1.54) is 16.6 Å². The number of rotatable bonds is 7. The van der Waals surface area contributed by atoms with Crippen LogP contribution in [0.2, 0.25) is 0 Å². The third kappa shape index (κ3) is 4.41. The number of ketones is 1. The van der Waals surface area contributed by atoms with E-state index in [1.807, 2.05) is 19.1 Å². The minimum atomic E-state index is -4.79. The Balaban J connectivity index is 1.20. The van der Waals surface area contributed by atoms with Crippen LogP contribution < -0.4 is 4.74 Å². The number of halogens is 3. The Hall–Kier alpha value is -2.58. The predicted octanol–water partition coefficient (Wildman–Crippen LogP) is 4.63. The number of ether oxygens (including phenoxy) is 1. The van der Waals surface area contributed by atoms with Crippen LogP contribution >= 0.6 is 0 Å². The fourth-order valence-electron chi connectivity index (χ4n) is 5.71. The summed E-state index contributed by atoms with van der Waals surface area (Å²) in [6.45, 7) is 6.12. The van der Waals surface area contributed by atoms with Crippen LogP contribution in [0.15, 0.2) is 42.0 Å². The number of alkyl halides is 3. The quantitative estimate of drug-likeness (QED) is 0.637. The van der Waals surface area contributed by atoms with Gasteiger partial charge in [0, 0.05) is 48.8 Å². The number of aromatic amines is 1. The van der Waals surface area contributed by atoms with Crippen LogP contribution in [0, 0.1) is 5.92 Å². The SMILES string of the molecule is CCOc1ccc2[nH]c3c(c2c1)CCN(CCCN1CC(C(=O)C(F)(F)F)C2=CC=CCC21)C3. The van der Waals surface area contributed by atoms with Gasteiger partial charge < -0.3 is 9.72 Å². The van der Waals surface area contributed by atoms with E-state index in [1.54, 1.807) is 12.2 Å². The molecule has 182 valence electrons. The standard InChI is InChI=1S/C26H30F3N3O2/c1-2-34-17-8-9-22-20(14-17)18-10-13-31(16-23(18)30-22)11-5-12-32-15-21(25(33)26(27,28)29)19-6-3-4-7-24(19)32/h3-4,6,8-9,14,21,24,30H,2,5,7,10-13,15-16H2,1H3. The predicted molar refractivity (Wildman–Crippen MR) is 125 cm³/mol. The van der Waals surface area contributed by atoms with Crippen LogP contribution in [0.5, 0.6) is 5.75 Å². The summed E-state index contributed by atoms with van der Waals surface area (Å²) in [4.78, 5) is 20.0. The van der Waals surface area contributed by atoms with E-state index in [0.717, 1.165) is 43.7 Å². The molecule has 1 aromatic carbocycles. The van der Waals surface area contributed by atoms with E-state index >= 15 is 0 Å². The second-order valence-electron chi connectivity index (χ2n) is 9.36. The molecule has 0 spiro atoms. The summed E-state index contributed by atoms with van der Waals surface area (Å²) in [5, 5.41) is 1.22. The van der Waals surface area contributed by atoms with Crippen molar-refractivity contribution in [2.24, 2.45) is 5.92 Å². The molecule has 5 nitrogen and oxygen atoms in total. The molecule has 1 aromatic heterocycles. The molecule has 0 radical (unpaired) electrons. The fourth-order valence-corrected chi connectivity index (χ4v) is 5.71. The molecule has 5 rings (SSSR count). The second kappa shape index (κ2) is 9.23. The van der Waals surface area contributed by atoms with Gasteiger partial charge in [-0.25, -0.2) is 0 Å². The first-order valence-electron chi connectivity index (χ1n) is 12.1. The lowest BCUT2D eigenvalue weighted by Gasteiger charge is -2.29. The zero-order valence-corrected chi connectivity index (χ0v) is 19.3. The van der Waals surface area contributed by atoms with Gasteiger partial charge in [-0.2, -0.15) is 13.2 Å². The van der Waals surface area contributed by atoms with Crippen LogP contribution in [-0.2, 0) is 17.8 Å². The van der Waals surface area contributed by atoms with Gasteiger partial charge in [-0.1, -0.05) is 18.2 Å². The number of allylic oxidation sites excluding steroid dienone is 2. The van der Waals surface area contributed by atoms with E-state index in [4.69, 9.17) is 4.74 Å². The third-order valence-electron chi connectivity index (χ3n) is 7.28. The summed E-state index contributed by atoms with van der Waals surface area (Å²) in [7, 11) is 0. The van der Waals surface area contributed by atoms with Crippen molar-refractivity contribution in [3.05, 3.63) is 53.3 Å². The van der Waals surface area contributed by atoms with Crippen molar-refractivity contribution in [2.45, 2.75) is 44.9 Å². The highest BCUT2D eigenvalue weighted by Crippen LogP contribution is 2.38. The van der Waals surface area contributed by atoms with Crippen molar-refractivity contribution in [1.82, 2.24) is 14.8 Å². The number of benzene rings is 1. The number of hydrogen-bond acceptors (Lipinski definition) is 4. The number of nitrogens with zero attached hydrogens (tertiary/aromatic N) is 2. The molecule has 1 N–H and O–H groups in total. The fraction of sp³-hybridized carbons (Fsp3) is 0.500. The number of hydrogen-bond donors (Lipinski definition) is 1. The zero-order chi connectivity index (χ0) is 23.9. The van der Waals surface area contributed by atoms with E-state index in [9.17, 15) is 18.0 Å². The first-order chi connectivity index (χ1) is 16.3. The molecular weight excluding hydrogens is 443 g/mol. The lowest BCUT2D eigenvalue weighted by molar-refractivity contribution is -0.174. The lowest BCUT2D eigenvalue weighted by Crippen LogP contribution is -2.36. The summed E-state index contributed by atoms with van der Waals surface area (Å²) in [5.74, 6) is -1.80. The summed E-state index contributed by atoms with van der Waals surface area (Å²) in [5.41, 5.74) is 4.33. The second-order valence-corrected chi connectivity index (χ2v) is 9.36. The highest BCUT2D eigenvalue weighted by Gasteiger charge is 2.50. The number of Topliss-reactive ketones (excluding diaryl/α,β-unsaturated/α-hetero) is 1. The lowest BCUT2D eigenvalue weighted by atomic mass is 9.89. The van der Waals surface area contributed by atoms with Gasteiger partial charge in [0.05, 0.1) is 12.5 Å². The average Bonchev–Trinajstić information content (AvgIpc) is 3.36. The molecule has 0 saturated carbocycles. The number of carbonyl (C=O) groups is 1. The highest BCUT2D eigenvalue weighted by molar-refractivity contribution is 5.90. The number of likely N-dealkylation sites (tertiary alicyclic amines) is 1. The molecule has 2 atom stereocenters. The molecule has 2 unspecified atom stereocenters. The smallest absolute Gasteiger partial charge is 0.450 e. The highest BCUT2D eigenvalue weighted by atomic mass is 19.4. The van der Waals surface area contributed by atoms with Crippen molar-refractivity contribution >= 4 is 16.7 Å². The minimum Gasteiger partial charge on any atom is -0.494 e. The maximum atomic E-state index is 13.1. The Morgan fingerprint density at radius 3 is 2.91 bits per heavy atom. The van der Waals surface area contributed by atoms with Gasteiger partial charge >= 0.3 is 6.18 Å². The molecule has 1 fully saturated rings. The monoisotopic (exact) mass is 473 g/mol. The van der Waals surface area contributed by atoms with Crippen molar-refractivity contribution in [3.63, 3.8) is 0 Å². The van der Waals surface area contributed by atoms with Crippen LogP contribution in [-0.4, -0.2) is 65.6 Å². The summed E-state index contributed by atoms with van der Waals surface area (Å²) >= 11 is 0. The normalized spacial score (nSPS) is 23.1. The molecule has 8 heteroatoms. The summed E-state index contributed by atoms with van der Waals surface area (Å²) in [6.07, 6.45) is 3.14. The number of fused-ring (bicyclic) bond motifs is 4. The Labute approximate surface area is 197 Å². The maximum Gasteiger partial charge on any atom is 0.450 e. The summed E-state index contributed by atoms with van der Waals surface area (Å²) < 4.78 is 45.0. The van der Waals surface area contributed by atoms with Crippen molar-refractivity contribution in [2.75, 3.05) is 32.8 Å². The van der Waals surface area contributed by atoms with Crippen LogP contribution in [0.25, 0.3) is 10.9 Å². The molecule has 2 aromatic rings. The van der Waals surface area contributed by atoms with Crippen LogP contribution in [0.1, 0.15) is 31.0 Å². The molecule has 3 heterocycles. The molecule has 0 bridgehead atoms. The first kappa shape index (κ1) is 23.2.